The lowest BCUT2D eigenvalue weighted by atomic mass is 9.84. The van der Waals surface area contributed by atoms with Gasteiger partial charge in [-0.1, -0.05) is 6.07 Å². The van der Waals surface area contributed by atoms with Crippen LogP contribution in [0.25, 0.3) is 0 Å². The largest absolute Gasteiger partial charge is 0.490 e. The molecule has 2 heterocycles. The summed E-state index contributed by atoms with van der Waals surface area (Å²) < 4.78 is 17.6. The number of hydrogen-bond acceptors (Lipinski definition) is 5. The molecule has 0 spiro atoms. The molecule has 1 saturated carbocycles. The second-order valence-corrected chi connectivity index (χ2v) is 8.24. The molecule has 2 aliphatic heterocycles. The van der Waals surface area contributed by atoms with Gasteiger partial charge >= 0.3 is 0 Å². The predicted molar refractivity (Wildman–Crippen MR) is 113 cm³/mol. The van der Waals surface area contributed by atoms with Gasteiger partial charge in [0.2, 0.25) is 12.7 Å². The smallest absolute Gasteiger partial charge is 0.231 e. The SMILES string of the molecule is CN(C)c1ccc(C2CC(=O)Nc3cc4c(cc32)OCO4)c(OC2CCCC2)c1.[HH]. The van der Waals surface area contributed by atoms with Gasteiger partial charge in [0.05, 0.1) is 6.10 Å². The Kier molecular flexibility index (Phi) is 4.49. The molecule has 1 atom stereocenters. The first-order chi connectivity index (χ1) is 14.1. The van der Waals surface area contributed by atoms with Crippen LogP contribution in [0.1, 0.15) is 50.6 Å². The number of ether oxygens (including phenoxy) is 3. The zero-order chi connectivity index (χ0) is 20.0. The molecule has 6 nitrogen and oxygen atoms in total. The van der Waals surface area contributed by atoms with Crippen molar-refractivity contribution in [2.45, 2.75) is 44.1 Å². The lowest BCUT2D eigenvalue weighted by Crippen LogP contribution is -2.24. The van der Waals surface area contributed by atoms with E-state index >= 15 is 0 Å². The molecule has 0 saturated heterocycles. The minimum atomic E-state index is -0.0825. The van der Waals surface area contributed by atoms with Gasteiger partial charge in [-0.05, 0) is 43.4 Å². The molecule has 1 amide bonds. The van der Waals surface area contributed by atoms with E-state index in [2.05, 4.69) is 28.4 Å². The number of hydrogen-bond donors (Lipinski definition) is 1. The Morgan fingerprint density at radius 2 is 1.83 bits per heavy atom. The summed E-state index contributed by atoms with van der Waals surface area (Å²) in [6, 6.07) is 10.2. The van der Waals surface area contributed by atoms with Gasteiger partial charge in [0, 0.05) is 56.9 Å². The molecule has 6 heteroatoms. The molecular formula is C23H28N2O4. The van der Waals surface area contributed by atoms with Crippen LogP contribution in [0.5, 0.6) is 17.2 Å². The summed E-state index contributed by atoms with van der Waals surface area (Å²) >= 11 is 0. The summed E-state index contributed by atoms with van der Waals surface area (Å²) in [6.45, 7) is 0.213. The topological polar surface area (TPSA) is 60.0 Å². The van der Waals surface area contributed by atoms with Crippen molar-refractivity contribution in [3.63, 3.8) is 0 Å². The predicted octanol–water partition coefficient (Wildman–Crippen LogP) is 4.52. The van der Waals surface area contributed by atoms with Gasteiger partial charge in [0.25, 0.3) is 0 Å². The number of nitrogens with zero attached hydrogens (tertiary/aromatic N) is 1. The summed E-state index contributed by atoms with van der Waals surface area (Å²) in [7, 11) is 4.05. The van der Waals surface area contributed by atoms with Gasteiger partial charge in [0.1, 0.15) is 5.75 Å². The average molecular weight is 396 g/mol. The average Bonchev–Trinajstić information content (AvgIpc) is 3.37. The van der Waals surface area contributed by atoms with Gasteiger partial charge in [-0.2, -0.15) is 0 Å². The highest BCUT2D eigenvalue weighted by molar-refractivity contribution is 5.96. The molecule has 0 bridgehead atoms. The Bertz CT molecular complexity index is 956. The molecule has 5 rings (SSSR count). The minimum absolute atomic E-state index is 0. The van der Waals surface area contributed by atoms with Crippen molar-refractivity contribution < 1.29 is 20.4 Å². The Morgan fingerprint density at radius 3 is 2.59 bits per heavy atom. The van der Waals surface area contributed by atoms with Gasteiger partial charge in [0.15, 0.2) is 11.5 Å². The van der Waals surface area contributed by atoms with Gasteiger partial charge in [-0.3, -0.25) is 4.79 Å². The summed E-state index contributed by atoms with van der Waals surface area (Å²) in [6.07, 6.45) is 5.24. The van der Waals surface area contributed by atoms with E-state index < -0.39 is 0 Å². The quantitative estimate of drug-likeness (QED) is 0.823. The number of carbonyl (C=O) groups excluding carboxylic acids is 1. The molecule has 2 aromatic rings. The van der Waals surface area contributed by atoms with Crippen LogP contribution in [0.3, 0.4) is 0 Å². The van der Waals surface area contributed by atoms with E-state index in [-0.39, 0.29) is 26.1 Å². The Hall–Kier alpha value is -2.89. The molecule has 154 valence electrons. The molecular weight excluding hydrogens is 368 g/mol. The van der Waals surface area contributed by atoms with E-state index in [0.29, 0.717) is 12.2 Å². The first-order valence-electron chi connectivity index (χ1n) is 10.3. The molecule has 1 N–H and O–H groups in total. The number of benzene rings is 2. The van der Waals surface area contributed by atoms with E-state index in [9.17, 15) is 4.79 Å². The van der Waals surface area contributed by atoms with Gasteiger partial charge in [-0.15, -0.1) is 0 Å². The Balaban J connectivity index is 0.00000218. The maximum atomic E-state index is 12.5. The van der Waals surface area contributed by atoms with Crippen molar-refractivity contribution in [1.82, 2.24) is 0 Å². The third-order valence-corrected chi connectivity index (χ3v) is 6.07. The minimum Gasteiger partial charge on any atom is -0.490 e. The van der Waals surface area contributed by atoms with Crippen molar-refractivity contribution >= 4 is 17.3 Å². The first kappa shape index (κ1) is 18.2. The van der Waals surface area contributed by atoms with Crippen LogP contribution in [0.2, 0.25) is 0 Å². The number of anilines is 2. The number of nitrogens with one attached hydrogen (secondary N) is 1. The van der Waals surface area contributed by atoms with Crippen LogP contribution in [0, 0.1) is 0 Å². The molecule has 1 fully saturated rings. The molecule has 0 radical (unpaired) electrons. The van der Waals surface area contributed by atoms with Gasteiger partial charge in [-0.25, -0.2) is 0 Å². The summed E-state index contributed by atoms with van der Waals surface area (Å²) in [5.41, 5.74) is 3.98. The van der Waals surface area contributed by atoms with E-state index in [1.54, 1.807) is 0 Å². The summed E-state index contributed by atoms with van der Waals surface area (Å²) in [5, 5.41) is 2.99. The van der Waals surface area contributed by atoms with Crippen molar-refractivity contribution in [1.29, 1.82) is 0 Å². The highest BCUT2D eigenvalue weighted by atomic mass is 16.7. The van der Waals surface area contributed by atoms with Crippen LogP contribution < -0.4 is 24.4 Å². The summed E-state index contributed by atoms with van der Waals surface area (Å²) in [4.78, 5) is 14.6. The normalized spacial score (nSPS) is 20.3. The van der Waals surface area contributed by atoms with Crippen LogP contribution in [0.15, 0.2) is 30.3 Å². The molecule has 1 aliphatic carbocycles. The fraction of sp³-hybridized carbons (Fsp3) is 0.435. The maximum absolute atomic E-state index is 12.5. The molecule has 0 aromatic heterocycles. The lowest BCUT2D eigenvalue weighted by molar-refractivity contribution is -0.116. The zero-order valence-corrected chi connectivity index (χ0v) is 16.9. The number of carbonyl (C=O) groups is 1. The van der Waals surface area contributed by atoms with Crippen LogP contribution in [0.4, 0.5) is 11.4 Å². The second kappa shape index (κ2) is 7.17. The van der Waals surface area contributed by atoms with Gasteiger partial charge < -0.3 is 24.4 Å². The van der Waals surface area contributed by atoms with Crippen molar-refractivity contribution in [2.75, 3.05) is 31.1 Å². The maximum Gasteiger partial charge on any atom is 0.231 e. The van der Waals surface area contributed by atoms with Crippen LogP contribution in [-0.4, -0.2) is 32.9 Å². The molecule has 3 aliphatic rings. The van der Waals surface area contributed by atoms with Crippen LogP contribution >= 0.6 is 0 Å². The fourth-order valence-corrected chi connectivity index (χ4v) is 4.51. The van der Waals surface area contributed by atoms with Crippen molar-refractivity contribution in [2.24, 2.45) is 0 Å². The third-order valence-electron chi connectivity index (χ3n) is 6.07. The fourth-order valence-electron chi connectivity index (χ4n) is 4.51. The lowest BCUT2D eigenvalue weighted by Gasteiger charge is -2.29. The van der Waals surface area contributed by atoms with E-state index in [4.69, 9.17) is 14.2 Å². The highest BCUT2D eigenvalue weighted by Crippen LogP contribution is 2.47. The Labute approximate surface area is 172 Å². The second-order valence-electron chi connectivity index (χ2n) is 8.24. The third kappa shape index (κ3) is 3.37. The number of rotatable bonds is 4. The van der Waals surface area contributed by atoms with Crippen molar-refractivity contribution in [3.8, 4) is 17.2 Å². The monoisotopic (exact) mass is 396 g/mol. The number of amides is 1. The van der Waals surface area contributed by atoms with Crippen LogP contribution in [-0.2, 0) is 4.79 Å². The highest BCUT2D eigenvalue weighted by Gasteiger charge is 2.32. The number of fused-ring (bicyclic) bond motifs is 2. The van der Waals surface area contributed by atoms with E-state index in [1.807, 2.05) is 26.2 Å². The first-order valence-corrected chi connectivity index (χ1v) is 10.3. The van der Waals surface area contributed by atoms with Crippen molar-refractivity contribution in [3.05, 3.63) is 41.5 Å². The molecule has 2 aromatic carbocycles. The Morgan fingerprint density at radius 1 is 1.07 bits per heavy atom. The van der Waals surface area contributed by atoms with E-state index in [0.717, 1.165) is 46.8 Å². The standard InChI is InChI=1S/C23H26N2O4.H2/c1-25(2)14-7-8-16(20(9-14)29-15-5-3-4-6-15)17-11-23(26)24-19-12-22-21(10-18(17)19)27-13-28-22;/h7-10,12,15,17H,3-6,11,13H2,1-2H3,(H,24,26);1H. The van der Waals surface area contributed by atoms with E-state index in [1.165, 1.54) is 12.8 Å². The zero-order valence-electron chi connectivity index (χ0n) is 16.9. The summed E-state index contributed by atoms with van der Waals surface area (Å²) in [5.74, 6) is 2.21. The molecule has 1 unspecified atom stereocenters. The molecule has 29 heavy (non-hydrogen) atoms.